The highest BCUT2D eigenvalue weighted by Gasteiger charge is 2.16. The number of hydrogen-bond donors (Lipinski definition) is 1. The van der Waals surface area contributed by atoms with Crippen molar-refractivity contribution in [2.24, 2.45) is 0 Å². The number of hydrogen-bond acceptors (Lipinski definition) is 4. The van der Waals surface area contributed by atoms with E-state index in [1.165, 1.54) is 23.8 Å². The van der Waals surface area contributed by atoms with Crippen LogP contribution in [-0.2, 0) is 6.42 Å². The Hall–Kier alpha value is -1.85. The van der Waals surface area contributed by atoms with E-state index in [0.29, 0.717) is 5.78 Å². The summed E-state index contributed by atoms with van der Waals surface area (Å²) in [5, 5.41) is 3.06. The van der Waals surface area contributed by atoms with E-state index < -0.39 is 0 Å². The zero-order valence-corrected chi connectivity index (χ0v) is 11.2. The zero-order valence-electron chi connectivity index (χ0n) is 11.2. The smallest absolute Gasteiger partial charge is 0.274 e. The van der Waals surface area contributed by atoms with Gasteiger partial charge in [-0.2, -0.15) is 9.50 Å². The summed E-state index contributed by atoms with van der Waals surface area (Å²) in [6.45, 7) is 4.07. The molecule has 1 aliphatic rings. The van der Waals surface area contributed by atoms with Crippen molar-refractivity contribution in [3.8, 4) is 0 Å². The molecule has 0 saturated carbocycles. The van der Waals surface area contributed by atoms with Crippen molar-refractivity contribution < 1.29 is 0 Å². The molecule has 1 fully saturated rings. The predicted octanol–water partition coefficient (Wildman–Crippen LogP) is 1.36. The van der Waals surface area contributed by atoms with Crippen molar-refractivity contribution in [2.45, 2.75) is 39.0 Å². The lowest BCUT2D eigenvalue weighted by Crippen LogP contribution is -2.30. The minimum atomic E-state index is -0.0794. The molecule has 1 aliphatic heterocycles. The SMILES string of the molecule is CCCc1cc(=O)n2[nH]c(N3CCCCC3)nc2n1. The van der Waals surface area contributed by atoms with E-state index in [4.69, 9.17) is 0 Å². The number of H-pyrrole nitrogens is 1. The second kappa shape index (κ2) is 5.03. The van der Waals surface area contributed by atoms with E-state index in [1.54, 1.807) is 6.07 Å². The third-order valence-electron chi connectivity index (χ3n) is 3.53. The summed E-state index contributed by atoms with van der Waals surface area (Å²) < 4.78 is 1.43. The molecular formula is C13H19N5O. The van der Waals surface area contributed by atoms with Crippen LogP contribution in [0.3, 0.4) is 0 Å². The minimum Gasteiger partial charge on any atom is -0.341 e. The molecule has 6 nitrogen and oxygen atoms in total. The number of anilines is 1. The summed E-state index contributed by atoms with van der Waals surface area (Å²) >= 11 is 0. The van der Waals surface area contributed by atoms with Gasteiger partial charge in [0.25, 0.3) is 11.3 Å². The number of aromatic amines is 1. The van der Waals surface area contributed by atoms with Gasteiger partial charge in [0.15, 0.2) is 0 Å². The van der Waals surface area contributed by atoms with Crippen LogP contribution in [0, 0.1) is 0 Å². The second-order valence-corrected chi connectivity index (χ2v) is 5.07. The fourth-order valence-corrected chi connectivity index (χ4v) is 2.55. The second-order valence-electron chi connectivity index (χ2n) is 5.07. The minimum absolute atomic E-state index is 0.0794. The number of aromatic nitrogens is 4. The third-order valence-corrected chi connectivity index (χ3v) is 3.53. The van der Waals surface area contributed by atoms with Crippen LogP contribution in [0.15, 0.2) is 10.9 Å². The first kappa shape index (κ1) is 12.2. The van der Waals surface area contributed by atoms with Crippen molar-refractivity contribution in [1.29, 1.82) is 0 Å². The van der Waals surface area contributed by atoms with Gasteiger partial charge in [-0.25, -0.2) is 4.98 Å². The monoisotopic (exact) mass is 261 g/mol. The van der Waals surface area contributed by atoms with Crippen LogP contribution in [-0.4, -0.2) is 32.7 Å². The molecule has 2 aromatic rings. The van der Waals surface area contributed by atoms with Crippen molar-refractivity contribution >= 4 is 11.7 Å². The molecule has 3 heterocycles. The van der Waals surface area contributed by atoms with E-state index in [-0.39, 0.29) is 5.56 Å². The van der Waals surface area contributed by atoms with Crippen molar-refractivity contribution in [2.75, 3.05) is 18.0 Å². The Kier molecular flexibility index (Phi) is 3.23. The average molecular weight is 261 g/mol. The van der Waals surface area contributed by atoms with Gasteiger partial charge in [0.05, 0.1) is 5.69 Å². The van der Waals surface area contributed by atoms with Crippen molar-refractivity contribution in [3.63, 3.8) is 0 Å². The molecule has 0 spiro atoms. The van der Waals surface area contributed by atoms with Gasteiger partial charge in [-0.05, 0) is 25.7 Å². The van der Waals surface area contributed by atoms with Crippen LogP contribution in [0.5, 0.6) is 0 Å². The molecule has 1 N–H and O–H groups in total. The summed E-state index contributed by atoms with van der Waals surface area (Å²) in [5.74, 6) is 1.24. The van der Waals surface area contributed by atoms with E-state index in [9.17, 15) is 4.79 Å². The number of nitrogens with one attached hydrogen (secondary N) is 1. The van der Waals surface area contributed by atoms with E-state index in [2.05, 4.69) is 26.9 Å². The van der Waals surface area contributed by atoms with Gasteiger partial charge in [-0.3, -0.25) is 9.89 Å². The number of piperidine rings is 1. The van der Waals surface area contributed by atoms with Crippen molar-refractivity contribution in [3.05, 3.63) is 22.1 Å². The Labute approximate surface area is 111 Å². The molecule has 0 aromatic carbocycles. The highest BCUT2D eigenvalue weighted by Crippen LogP contribution is 2.15. The van der Waals surface area contributed by atoms with Gasteiger partial charge < -0.3 is 4.90 Å². The Morgan fingerprint density at radius 1 is 1.26 bits per heavy atom. The summed E-state index contributed by atoms with van der Waals surface area (Å²) in [6.07, 6.45) is 5.43. The van der Waals surface area contributed by atoms with E-state index in [0.717, 1.165) is 37.6 Å². The fraction of sp³-hybridized carbons (Fsp3) is 0.615. The quantitative estimate of drug-likeness (QED) is 0.906. The molecule has 6 heteroatoms. The standard InChI is InChI=1S/C13H19N5O/c1-2-6-10-9-11(19)18-12(14-10)15-13(16-18)17-7-4-3-5-8-17/h9H,2-8H2,1H3,(H,14,15,16). The Bertz CT molecular complexity index is 623. The van der Waals surface area contributed by atoms with Gasteiger partial charge in [0.1, 0.15) is 0 Å². The average Bonchev–Trinajstić information content (AvgIpc) is 2.85. The van der Waals surface area contributed by atoms with Crippen LogP contribution in [0.1, 0.15) is 38.3 Å². The first-order valence-electron chi connectivity index (χ1n) is 7.01. The van der Waals surface area contributed by atoms with Crippen LogP contribution in [0.4, 0.5) is 5.95 Å². The molecule has 19 heavy (non-hydrogen) atoms. The highest BCUT2D eigenvalue weighted by atomic mass is 16.1. The molecule has 1 saturated heterocycles. The Balaban J connectivity index is 1.99. The largest absolute Gasteiger partial charge is 0.341 e. The van der Waals surface area contributed by atoms with Gasteiger partial charge in [0.2, 0.25) is 5.95 Å². The summed E-state index contributed by atoms with van der Waals surface area (Å²) in [6, 6.07) is 1.59. The van der Waals surface area contributed by atoms with Crippen molar-refractivity contribution in [1.82, 2.24) is 19.6 Å². The number of rotatable bonds is 3. The number of nitrogens with zero attached hydrogens (tertiary/aromatic N) is 4. The maximum absolute atomic E-state index is 12.0. The maximum Gasteiger partial charge on any atom is 0.274 e. The zero-order chi connectivity index (χ0) is 13.2. The van der Waals surface area contributed by atoms with Gasteiger partial charge >= 0.3 is 0 Å². The lowest BCUT2D eigenvalue weighted by Gasteiger charge is -2.25. The first-order chi connectivity index (χ1) is 9.28. The molecule has 0 atom stereocenters. The summed E-state index contributed by atoms with van der Waals surface area (Å²) in [5.41, 5.74) is 0.744. The molecule has 0 unspecified atom stereocenters. The van der Waals surface area contributed by atoms with E-state index >= 15 is 0 Å². The summed E-state index contributed by atoms with van der Waals surface area (Å²) in [7, 11) is 0. The Morgan fingerprint density at radius 3 is 2.79 bits per heavy atom. The highest BCUT2D eigenvalue weighted by molar-refractivity contribution is 5.39. The number of fused-ring (bicyclic) bond motifs is 1. The lowest BCUT2D eigenvalue weighted by atomic mass is 10.1. The molecule has 0 aliphatic carbocycles. The molecule has 0 bridgehead atoms. The van der Waals surface area contributed by atoms with Crippen LogP contribution in [0.2, 0.25) is 0 Å². The molecule has 2 aromatic heterocycles. The van der Waals surface area contributed by atoms with Crippen LogP contribution in [0.25, 0.3) is 5.78 Å². The molecular weight excluding hydrogens is 242 g/mol. The normalized spacial score (nSPS) is 16.2. The molecule has 0 radical (unpaired) electrons. The fourth-order valence-electron chi connectivity index (χ4n) is 2.55. The molecule has 102 valence electrons. The van der Waals surface area contributed by atoms with Gasteiger partial charge in [-0.15, -0.1) is 0 Å². The van der Waals surface area contributed by atoms with Gasteiger partial charge in [-0.1, -0.05) is 13.3 Å². The van der Waals surface area contributed by atoms with Crippen LogP contribution >= 0.6 is 0 Å². The first-order valence-corrected chi connectivity index (χ1v) is 7.01. The lowest BCUT2D eigenvalue weighted by molar-refractivity contribution is 0.568. The molecule has 3 rings (SSSR count). The van der Waals surface area contributed by atoms with Gasteiger partial charge in [0, 0.05) is 19.2 Å². The molecule has 0 amide bonds. The topological polar surface area (TPSA) is 66.3 Å². The maximum atomic E-state index is 12.0. The summed E-state index contributed by atoms with van der Waals surface area (Å²) in [4.78, 5) is 23.1. The van der Waals surface area contributed by atoms with E-state index in [1.807, 2.05) is 0 Å². The third kappa shape index (κ3) is 2.34. The predicted molar refractivity (Wildman–Crippen MR) is 73.7 cm³/mol. The number of aryl methyl sites for hydroxylation is 1. The van der Waals surface area contributed by atoms with Crippen LogP contribution < -0.4 is 10.5 Å². The Morgan fingerprint density at radius 2 is 2.05 bits per heavy atom.